The third-order valence-corrected chi connectivity index (χ3v) is 3.32. The van der Waals surface area contributed by atoms with Gasteiger partial charge in [0.1, 0.15) is 0 Å². The second-order valence-corrected chi connectivity index (χ2v) is 5.00. The zero-order valence-electron chi connectivity index (χ0n) is 15.8. The van der Waals surface area contributed by atoms with Gasteiger partial charge >= 0.3 is 7.12 Å². The highest BCUT2D eigenvalue weighted by atomic mass is 16.7. The van der Waals surface area contributed by atoms with E-state index in [2.05, 4.69) is 27.7 Å². The molecule has 0 aliphatic carbocycles. The maximum atomic E-state index is 5.93. The van der Waals surface area contributed by atoms with Crippen LogP contribution in [-0.4, -0.2) is 18.3 Å². The lowest BCUT2D eigenvalue weighted by Gasteiger charge is -2.32. The monoisotopic (exact) mass is 294 g/mol. The molecule has 0 atom stereocenters. The summed E-state index contributed by atoms with van der Waals surface area (Å²) in [5, 5.41) is 0. The van der Waals surface area contributed by atoms with Crippen molar-refractivity contribution in [3.8, 4) is 0 Å². The summed E-state index contributed by atoms with van der Waals surface area (Å²) in [6, 6.07) is 10.1. The first-order valence-electron chi connectivity index (χ1n) is 8.33. The summed E-state index contributed by atoms with van der Waals surface area (Å²) in [7, 11) is -0.240. The summed E-state index contributed by atoms with van der Waals surface area (Å²) < 4.78 is 11.9. The van der Waals surface area contributed by atoms with Crippen molar-refractivity contribution in [2.45, 2.75) is 80.4 Å². The highest BCUT2D eigenvalue weighted by Gasteiger charge is 2.51. The predicted molar refractivity (Wildman–Crippen MR) is 96.2 cm³/mol. The summed E-state index contributed by atoms with van der Waals surface area (Å²) in [4.78, 5) is 0. The molecule has 1 heterocycles. The van der Waals surface area contributed by atoms with E-state index in [4.69, 9.17) is 9.31 Å². The Morgan fingerprint density at radius 2 is 1.00 bits per heavy atom. The molecule has 1 aliphatic rings. The quantitative estimate of drug-likeness (QED) is 0.674. The van der Waals surface area contributed by atoms with Crippen LogP contribution in [0, 0.1) is 0 Å². The molecule has 1 fully saturated rings. The van der Waals surface area contributed by atoms with Crippen molar-refractivity contribution in [2.24, 2.45) is 0 Å². The number of hydrogen-bond donors (Lipinski definition) is 0. The van der Waals surface area contributed by atoms with Crippen LogP contribution in [-0.2, 0) is 9.31 Å². The van der Waals surface area contributed by atoms with E-state index in [9.17, 15) is 0 Å². The Morgan fingerprint density at radius 1 is 0.667 bits per heavy atom. The van der Waals surface area contributed by atoms with E-state index in [-0.39, 0.29) is 18.3 Å². The predicted octanol–water partition coefficient (Wildman–Crippen LogP) is 5.06. The highest BCUT2D eigenvalue weighted by molar-refractivity contribution is 6.62. The van der Waals surface area contributed by atoms with E-state index >= 15 is 0 Å². The molecule has 1 saturated heterocycles. The molecule has 0 spiro atoms. The molecule has 0 radical (unpaired) electrons. The van der Waals surface area contributed by atoms with Crippen LogP contribution in [0.15, 0.2) is 30.3 Å². The summed E-state index contributed by atoms with van der Waals surface area (Å²) >= 11 is 0. The van der Waals surface area contributed by atoms with Gasteiger partial charge in [-0.05, 0) is 33.2 Å². The molecule has 0 saturated carbocycles. The smallest absolute Gasteiger partial charge is 0.399 e. The first-order valence-corrected chi connectivity index (χ1v) is 8.33. The van der Waals surface area contributed by atoms with Gasteiger partial charge in [-0.25, -0.2) is 0 Å². The topological polar surface area (TPSA) is 18.5 Å². The Morgan fingerprint density at radius 3 is 1.33 bits per heavy atom. The van der Waals surface area contributed by atoms with Crippen molar-refractivity contribution in [2.75, 3.05) is 0 Å². The summed E-state index contributed by atoms with van der Waals surface area (Å²) in [5.41, 5.74) is 0.567. The van der Waals surface area contributed by atoms with Gasteiger partial charge in [-0.1, -0.05) is 71.9 Å². The van der Waals surface area contributed by atoms with E-state index in [1.54, 1.807) is 0 Å². The fourth-order valence-corrected chi connectivity index (χ4v) is 1.59. The molecular weight excluding hydrogens is 259 g/mol. The highest BCUT2D eigenvalue weighted by Crippen LogP contribution is 2.36. The van der Waals surface area contributed by atoms with Gasteiger partial charge in [-0.15, -0.1) is 0 Å². The molecule has 0 N–H and O–H groups in total. The van der Waals surface area contributed by atoms with Crippen LogP contribution in [0.1, 0.15) is 69.2 Å². The third kappa shape index (κ3) is 6.23. The fraction of sp³-hybridized carbons (Fsp3) is 0.667. The van der Waals surface area contributed by atoms with Crippen molar-refractivity contribution in [3.63, 3.8) is 0 Å². The van der Waals surface area contributed by atoms with Crippen LogP contribution in [0.5, 0.6) is 0 Å². The van der Waals surface area contributed by atoms with E-state index < -0.39 is 0 Å². The van der Waals surface area contributed by atoms with Crippen LogP contribution in [0.2, 0.25) is 0 Å². The second kappa shape index (κ2) is 10.9. The number of rotatable bonds is 1. The molecular formula is C18H35BO2. The summed E-state index contributed by atoms with van der Waals surface area (Å²) in [6.45, 7) is 20.3. The van der Waals surface area contributed by atoms with E-state index in [1.807, 2.05) is 71.9 Å². The van der Waals surface area contributed by atoms with Gasteiger partial charge in [-0.2, -0.15) is 0 Å². The molecule has 2 nitrogen and oxygen atoms in total. The van der Waals surface area contributed by atoms with Crippen LogP contribution in [0.25, 0.3) is 0 Å². The van der Waals surface area contributed by atoms with Gasteiger partial charge in [-0.3, -0.25) is 0 Å². The normalized spacial score (nSPS) is 17.3. The molecule has 1 aromatic carbocycles. The van der Waals surface area contributed by atoms with Gasteiger partial charge < -0.3 is 9.31 Å². The maximum absolute atomic E-state index is 5.93. The zero-order chi connectivity index (χ0) is 17.1. The molecule has 0 amide bonds. The summed E-state index contributed by atoms with van der Waals surface area (Å²) in [5.74, 6) is 0. The Hall–Kier alpha value is -0.795. The Balaban J connectivity index is 0. The molecule has 0 bridgehead atoms. The van der Waals surface area contributed by atoms with Gasteiger partial charge in [0.15, 0.2) is 0 Å². The van der Waals surface area contributed by atoms with Gasteiger partial charge in [0, 0.05) is 0 Å². The van der Waals surface area contributed by atoms with Crippen LogP contribution in [0.4, 0.5) is 0 Å². The van der Waals surface area contributed by atoms with Crippen molar-refractivity contribution < 1.29 is 9.31 Å². The lowest BCUT2D eigenvalue weighted by atomic mass is 9.79. The van der Waals surface area contributed by atoms with Crippen molar-refractivity contribution in [1.82, 2.24) is 0 Å². The molecule has 0 unspecified atom stereocenters. The van der Waals surface area contributed by atoms with Crippen LogP contribution >= 0.6 is 0 Å². The maximum Gasteiger partial charge on any atom is 0.494 e. The Kier molecular flexibility index (Phi) is 11.6. The minimum absolute atomic E-state index is 0.240. The molecule has 21 heavy (non-hydrogen) atoms. The summed E-state index contributed by atoms with van der Waals surface area (Å²) in [6.07, 6.45) is 0. The molecule has 122 valence electrons. The van der Waals surface area contributed by atoms with E-state index in [0.29, 0.717) is 0 Å². The van der Waals surface area contributed by atoms with Gasteiger partial charge in [0.25, 0.3) is 0 Å². The lowest BCUT2D eigenvalue weighted by Crippen LogP contribution is -2.41. The van der Waals surface area contributed by atoms with E-state index in [0.717, 1.165) is 5.46 Å². The van der Waals surface area contributed by atoms with Crippen molar-refractivity contribution in [1.29, 1.82) is 0 Å². The van der Waals surface area contributed by atoms with Crippen LogP contribution in [0.3, 0.4) is 0 Å². The average molecular weight is 294 g/mol. The Labute approximate surface area is 133 Å². The molecule has 3 heteroatoms. The van der Waals surface area contributed by atoms with Crippen molar-refractivity contribution >= 4 is 12.6 Å². The molecule has 2 rings (SSSR count). The first-order chi connectivity index (χ1) is 9.92. The SMILES string of the molecule is CC.CC.CC.CC1(C)OB(c2ccccc2)OC1(C)C. The standard InChI is InChI=1S/C12H17BO2.3C2H6/c1-11(2)12(3,4)15-13(14-11)10-8-6-5-7-9-10;3*1-2/h5-9H,1-4H3;3*1-2H3. The fourth-order valence-electron chi connectivity index (χ4n) is 1.59. The average Bonchev–Trinajstić information content (AvgIpc) is 2.75. The first kappa shape index (κ1) is 22.5. The van der Waals surface area contributed by atoms with E-state index in [1.165, 1.54) is 0 Å². The Bertz CT molecular complexity index is 331. The van der Waals surface area contributed by atoms with Gasteiger partial charge in [0.05, 0.1) is 11.2 Å². The number of hydrogen-bond acceptors (Lipinski definition) is 2. The minimum atomic E-state index is -0.256. The van der Waals surface area contributed by atoms with Gasteiger partial charge in [0.2, 0.25) is 0 Å². The largest absolute Gasteiger partial charge is 0.494 e. The lowest BCUT2D eigenvalue weighted by molar-refractivity contribution is 0.00578. The molecule has 1 aromatic rings. The zero-order valence-corrected chi connectivity index (χ0v) is 15.8. The number of benzene rings is 1. The third-order valence-electron chi connectivity index (χ3n) is 3.32. The second-order valence-electron chi connectivity index (χ2n) is 5.00. The molecule has 0 aromatic heterocycles. The minimum Gasteiger partial charge on any atom is -0.399 e. The van der Waals surface area contributed by atoms with Crippen LogP contribution < -0.4 is 5.46 Å². The molecule has 1 aliphatic heterocycles. The van der Waals surface area contributed by atoms with Crippen molar-refractivity contribution in [3.05, 3.63) is 30.3 Å².